The molecule has 154 valence electrons. The van der Waals surface area contributed by atoms with Crippen LogP contribution in [-0.4, -0.2) is 40.7 Å². The molecule has 1 saturated heterocycles. The summed E-state index contributed by atoms with van der Waals surface area (Å²) < 4.78 is 5.40. The fraction of sp³-hybridized carbons (Fsp3) is 0.636. The van der Waals surface area contributed by atoms with E-state index >= 15 is 0 Å². The highest BCUT2D eigenvalue weighted by atomic mass is 32.2. The van der Waals surface area contributed by atoms with Gasteiger partial charge < -0.3 is 10.1 Å². The largest absolute Gasteiger partial charge is 0.464 e. The highest BCUT2D eigenvalue weighted by Gasteiger charge is 2.45. The van der Waals surface area contributed by atoms with E-state index in [1.165, 1.54) is 24.8 Å². The predicted molar refractivity (Wildman–Crippen MR) is 115 cm³/mol. The van der Waals surface area contributed by atoms with Crippen molar-refractivity contribution >= 4 is 29.4 Å². The number of amides is 2. The van der Waals surface area contributed by atoms with Gasteiger partial charge in [0, 0.05) is 11.4 Å². The lowest BCUT2D eigenvalue weighted by Crippen LogP contribution is -2.50. The van der Waals surface area contributed by atoms with E-state index in [0.717, 1.165) is 30.5 Å². The molecule has 2 aliphatic rings. The predicted octanol–water partition coefficient (Wildman–Crippen LogP) is 5.11. The minimum absolute atomic E-state index is 0.0472. The zero-order chi connectivity index (χ0) is 20.1. The van der Waals surface area contributed by atoms with E-state index in [-0.39, 0.29) is 17.4 Å². The van der Waals surface area contributed by atoms with E-state index in [1.807, 2.05) is 32.0 Å². The van der Waals surface area contributed by atoms with Gasteiger partial charge in [0.2, 0.25) is 0 Å². The summed E-state index contributed by atoms with van der Waals surface area (Å²) in [5.74, 6) is 0.792. The van der Waals surface area contributed by atoms with E-state index in [2.05, 4.69) is 12.2 Å². The number of urea groups is 1. The molecule has 0 spiro atoms. The van der Waals surface area contributed by atoms with E-state index in [0.29, 0.717) is 18.3 Å². The zero-order valence-electron chi connectivity index (χ0n) is 17.2. The van der Waals surface area contributed by atoms with Crippen molar-refractivity contribution in [1.82, 2.24) is 4.90 Å². The lowest BCUT2D eigenvalue weighted by atomic mass is 9.88. The van der Waals surface area contributed by atoms with E-state index < -0.39 is 6.04 Å². The van der Waals surface area contributed by atoms with E-state index in [9.17, 15) is 9.59 Å². The molecule has 2 atom stereocenters. The van der Waals surface area contributed by atoms with Crippen LogP contribution in [0.4, 0.5) is 10.5 Å². The van der Waals surface area contributed by atoms with Crippen molar-refractivity contribution in [2.45, 2.75) is 70.7 Å². The second-order valence-electron chi connectivity index (χ2n) is 7.94. The van der Waals surface area contributed by atoms with Crippen LogP contribution in [0.1, 0.15) is 56.6 Å². The number of ether oxygens (including phenoxy) is 1. The lowest BCUT2D eigenvalue weighted by Gasteiger charge is -2.35. The van der Waals surface area contributed by atoms with Crippen LogP contribution in [-0.2, 0) is 9.53 Å². The van der Waals surface area contributed by atoms with Crippen molar-refractivity contribution in [2.75, 3.05) is 17.7 Å². The third kappa shape index (κ3) is 4.83. The molecule has 0 aromatic heterocycles. The number of benzene rings is 1. The molecule has 1 heterocycles. The van der Waals surface area contributed by atoms with Crippen LogP contribution in [0.5, 0.6) is 0 Å². The van der Waals surface area contributed by atoms with Gasteiger partial charge in [-0.25, -0.2) is 9.59 Å². The highest BCUT2D eigenvalue weighted by Crippen LogP contribution is 2.41. The first-order valence-corrected chi connectivity index (χ1v) is 11.5. The Balaban J connectivity index is 1.78. The molecule has 0 radical (unpaired) electrons. The first-order chi connectivity index (χ1) is 13.5. The maximum atomic E-state index is 13.2. The third-order valence-electron chi connectivity index (χ3n) is 5.80. The Labute approximate surface area is 172 Å². The van der Waals surface area contributed by atoms with Gasteiger partial charge >= 0.3 is 12.0 Å². The summed E-state index contributed by atoms with van der Waals surface area (Å²) in [5, 5.41) is 3.08. The number of nitrogens with one attached hydrogen (secondary N) is 1. The lowest BCUT2D eigenvalue weighted by molar-refractivity contribution is -0.148. The summed E-state index contributed by atoms with van der Waals surface area (Å²) in [6.07, 6.45) is 6.72. The smallest absolute Gasteiger partial charge is 0.329 e. The third-order valence-corrected chi connectivity index (χ3v) is 7.26. The maximum absolute atomic E-state index is 13.2. The molecule has 1 aliphatic carbocycles. The van der Waals surface area contributed by atoms with Gasteiger partial charge in [0.1, 0.15) is 6.04 Å². The molecule has 1 aromatic carbocycles. The van der Waals surface area contributed by atoms with Crippen LogP contribution in [0.15, 0.2) is 18.2 Å². The molecule has 1 aliphatic heterocycles. The van der Waals surface area contributed by atoms with Crippen molar-refractivity contribution in [3.63, 3.8) is 0 Å². The van der Waals surface area contributed by atoms with Crippen LogP contribution in [0.2, 0.25) is 0 Å². The number of carbonyl (C=O) groups is 2. The normalized spacial score (nSPS) is 22.9. The van der Waals surface area contributed by atoms with Crippen LogP contribution in [0.25, 0.3) is 0 Å². The number of carbonyl (C=O) groups excluding carboxylic acids is 2. The molecule has 1 aromatic rings. The first-order valence-electron chi connectivity index (χ1n) is 10.5. The van der Waals surface area contributed by atoms with Crippen molar-refractivity contribution < 1.29 is 14.3 Å². The molecule has 2 fully saturated rings. The molecular weight excluding hydrogens is 372 g/mol. The average Bonchev–Trinajstić information content (AvgIpc) is 3.15. The molecule has 0 unspecified atom stereocenters. The van der Waals surface area contributed by atoms with Crippen molar-refractivity contribution in [2.24, 2.45) is 5.92 Å². The number of aryl methyl sites for hydroxylation is 2. The summed E-state index contributed by atoms with van der Waals surface area (Å²) in [6.45, 7) is 6.47. The summed E-state index contributed by atoms with van der Waals surface area (Å²) in [6, 6.07) is 5.21. The molecular formula is C22H32N2O3S. The second kappa shape index (κ2) is 9.68. The van der Waals surface area contributed by atoms with Crippen molar-refractivity contribution in [1.29, 1.82) is 0 Å². The summed E-state index contributed by atoms with van der Waals surface area (Å²) in [4.78, 5) is 27.7. The minimum atomic E-state index is -0.505. The molecule has 1 N–H and O–H groups in total. The Morgan fingerprint density at radius 2 is 1.93 bits per heavy atom. The van der Waals surface area contributed by atoms with E-state index in [1.54, 1.807) is 16.7 Å². The van der Waals surface area contributed by atoms with Gasteiger partial charge in [-0.1, -0.05) is 32.3 Å². The zero-order valence-corrected chi connectivity index (χ0v) is 18.0. The monoisotopic (exact) mass is 404 g/mol. The fourth-order valence-corrected chi connectivity index (χ4v) is 5.68. The number of anilines is 1. The molecule has 1 saturated carbocycles. The van der Waals surface area contributed by atoms with Gasteiger partial charge in [-0.05, 0) is 62.3 Å². The Morgan fingerprint density at radius 3 is 2.61 bits per heavy atom. The van der Waals surface area contributed by atoms with Crippen LogP contribution < -0.4 is 5.32 Å². The van der Waals surface area contributed by atoms with Crippen molar-refractivity contribution in [3.05, 3.63) is 29.3 Å². The van der Waals surface area contributed by atoms with Gasteiger partial charge in [0.25, 0.3) is 0 Å². The Morgan fingerprint density at radius 1 is 1.18 bits per heavy atom. The first kappa shape index (κ1) is 21.0. The standard InChI is InChI=1S/C22H32N2O3S/c1-4-12-27-21(25)19-14-28-20(17-8-6-5-7-9-17)24(19)22(26)23-18-11-10-15(2)16(3)13-18/h10-11,13,17,19-20H,4-9,12,14H2,1-3H3,(H,23,26)/t19-,20-/m0/s1. The maximum Gasteiger partial charge on any atom is 0.329 e. The fourth-order valence-electron chi connectivity index (χ4n) is 4.05. The number of hydrogen-bond acceptors (Lipinski definition) is 4. The minimum Gasteiger partial charge on any atom is -0.464 e. The number of rotatable bonds is 5. The summed E-state index contributed by atoms with van der Waals surface area (Å²) in [5.41, 5.74) is 3.10. The van der Waals surface area contributed by atoms with Gasteiger partial charge in [-0.2, -0.15) is 0 Å². The van der Waals surface area contributed by atoms with Gasteiger partial charge in [0.05, 0.1) is 12.0 Å². The van der Waals surface area contributed by atoms with Gasteiger partial charge in [-0.15, -0.1) is 11.8 Å². The Hall–Kier alpha value is -1.69. The van der Waals surface area contributed by atoms with Crippen LogP contribution >= 0.6 is 11.8 Å². The average molecular weight is 405 g/mol. The summed E-state index contributed by atoms with van der Waals surface area (Å²) >= 11 is 1.74. The topological polar surface area (TPSA) is 58.6 Å². The molecule has 3 rings (SSSR count). The number of thioether (sulfide) groups is 1. The second-order valence-corrected chi connectivity index (χ2v) is 9.09. The van der Waals surface area contributed by atoms with Crippen LogP contribution in [0, 0.1) is 19.8 Å². The molecule has 0 bridgehead atoms. The number of esters is 1. The van der Waals surface area contributed by atoms with Crippen LogP contribution in [0.3, 0.4) is 0 Å². The Bertz CT molecular complexity index is 703. The quantitative estimate of drug-likeness (QED) is 0.693. The number of hydrogen-bond donors (Lipinski definition) is 1. The van der Waals surface area contributed by atoms with Gasteiger partial charge in [0.15, 0.2) is 0 Å². The van der Waals surface area contributed by atoms with E-state index in [4.69, 9.17) is 4.74 Å². The van der Waals surface area contributed by atoms with Crippen molar-refractivity contribution in [3.8, 4) is 0 Å². The summed E-state index contributed by atoms with van der Waals surface area (Å²) in [7, 11) is 0. The SMILES string of the molecule is CCCOC(=O)[C@@H]1CS[C@@H](C2CCCCC2)N1C(=O)Nc1ccc(C)c(C)c1. The van der Waals surface area contributed by atoms with Gasteiger partial charge in [-0.3, -0.25) is 4.90 Å². The molecule has 28 heavy (non-hydrogen) atoms. The molecule has 2 amide bonds. The Kier molecular flexibility index (Phi) is 7.27. The number of nitrogens with zero attached hydrogens (tertiary/aromatic N) is 1. The molecule has 6 heteroatoms. The highest BCUT2D eigenvalue weighted by molar-refractivity contribution is 8.00. The molecule has 5 nitrogen and oxygen atoms in total.